The van der Waals surface area contributed by atoms with Gasteiger partial charge in [0.2, 0.25) is 0 Å². The number of aromatic amines is 1. The first-order valence-electron chi connectivity index (χ1n) is 7.00. The van der Waals surface area contributed by atoms with Crippen molar-refractivity contribution in [3.05, 3.63) is 36.0 Å². The summed E-state index contributed by atoms with van der Waals surface area (Å²) in [5.41, 5.74) is 2.56. The quantitative estimate of drug-likeness (QED) is 0.771. The number of nitrogens with one attached hydrogen (secondary N) is 3. The zero-order valence-corrected chi connectivity index (χ0v) is 11.4. The highest BCUT2D eigenvalue weighted by molar-refractivity contribution is 5.82. The molecule has 2 heterocycles. The fourth-order valence-corrected chi connectivity index (χ4v) is 2.79. The Hall–Kier alpha value is -1.36. The molecule has 3 rings (SSSR count). The maximum atomic E-state index is 3.56. The van der Waals surface area contributed by atoms with E-state index in [1.54, 1.807) is 0 Å². The number of benzene rings is 1. The van der Waals surface area contributed by atoms with Gasteiger partial charge < -0.3 is 20.5 Å². The highest BCUT2D eigenvalue weighted by Gasteiger charge is 2.15. The van der Waals surface area contributed by atoms with Gasteiger partial charge >= 0.3 is 0 Å². The maximum Gasteiger partial charge on any atom is 0.0457 e. The first-order valence-corrected chi connectivity index (χ1v) is 7.00. The third kappa shape index (κ3) is 2.97. The first kappa shape index (κ1) is 12.7. The van der Waals surface area contributed by atoms with Crippen LogP contribution >= 0.6 is 0 Å². The molecule has 1 aliphatic rings. The number of aromatic nitrogens is 1. The summed E-state index contributed by atoms with van der Waals surface area (Å²) in [4.78, 5) is 5.70. The molecular weight excluding hydrogens is 236 g/mol. The lowest BCUT2D eigenvalue weighted by Gasteiger charge is -2.31. The second-order valence-corrected chi connectivity index (χ2v) is 5.40. The molecular formula is C15H22N4. The van der Waals surface area contributed by atoms with Crippen molar-refractivity contribution in [2.45, 2.75) is 12.6 Å². The Morgan fingerprint density at radius 2 is 2.26 bits per heavy atom. The SMILES string of the molecule is CN1CCNC(CNCc2c[nH]c3ccccc23)C1. The van der Waals surface area contributed by atoms with E-state index in [0.29, 0.717) is 6.04 Å². The Morgan fingerprint density at radius 3 is 3.16 bits per heavy atom. The van der Waals surface area contributed by atoms with Gasteiger partial charge in [0.15, 0.2) is 0 Å². The van der Waals surface area contributed by atoms with Crippen molar-refractivity contribution in [3.63, 3.8) is 0 Å². The predicted octanol–water partition coefficient (Wildman–Crippen LogP) is 1.16. The summed E-state index contributed by atoms with van der Waals surface area (Å²) in [6, 6.07) is 9.02. The number of hydrogen-bond donors (Lipinski definition) is 3. The molecule has 1 atom stereocenters. The third-order valence-electron chi connectivity index (χ3n) is 3.84. The topological polar surface area (TPSA) is 43.1 Å². The molecule has 102 valence electrons. The lowest BCUT2D eigenvalue weighted by molar-refractivity contribution is 0.235. The average Bonchev–Trinajstić information content (AvgIpc) is 2.83. The van der Waals surface area contributed by atoms with Crippen LogP contribution in [0.15, 0.2) is 30.5 Å². The Bertz CT molecular complexity index is 534. The lowest BCUT2D eigenvalue weighted by Crippen LogP contribution is -2.52. The molecule has 0 radical (unpaired) electrons. The van der Waals surface area contributed by atoms with E-state index < -0.39 is 0 Å². The van der Waals surface area contributed by atoms with Crippen LogP contribution in [0.5, 0.6) is 0 Å². The number of para-hydroxylation sites is 1. The minimum absolute atomic E-state index is 0.559. The number of likely N-dealkylation sites (N-methyl/N-ethyl adjacent to an activating group) is 1. The van der Waals surface area contributed by atoms with Gasteiger partial charge in [0.25, 0.3) is 0 Å². The van der Waals surface area contributed by atoms with E-state index in [0.717, 1.165) is 32.7 Å². The molecule has 0 saturated carbocycles. The molecule has 4 heteroatoms. The smallest absolute Gasteiger partial charge is 0.0457 e. The van der Waals surface area contributed by atoms with Crippen LogP contribution in [0.25, 0.3) is 10.9 Å². The van der Waals surface area contributed by atoms with Crippen molar-refractivity contribution >= 4 is 10.9 Å². The van der Waals surface area contributed by atoms with Crippen molar-refractivity contribution in [2.75, 3.05) is 33.2 Å². The Morgan fingerprint density at radius 1 is 1.37 bits per heavy atom. The zero-order valence-electron chi connectivity index (χ0n) is 11.4. The van der Waals surface area contributed by atoms with E-state index in [4.69, 9.17) is 0 Å². The summed E-state index contributed by atoms with van der Waals surface area (Å²) in [6.45, 7) is 5.31. The normalized spacial score (nSPS) is 21.0. The van der Waals surface area contributed by atoms with Crippen LogP contribution in [0.1, 0.15) is 5.56 Å². The number of rotatable bonds is 4. The number of nitrogens with zero attached hydrogens (tertiary/aromatic N) is 1. The summed E-state index contributed by atoms with van der Waals surface area (Å²) in [6.07, 6.45) is 2.11. The molecule has 0 aliphatic carbocycles. The fraction of sp³-hybridized carbons (Fsp3) is 0.467. The van der Waals surface area contributed by atoms with E-state index >= 15 is 0 Å². The molecule has 0 bridgehead atoms. The molecule has 3 N–H and O–H groups in total. The van der Waals surface area contributed by atoms with Crippen LogP contribution in [-0.2, 0) is 6.54 Å². The Kier molecular flexibility index (Phi) is 3.82. The number of fused-ring (bicyclic) bond motifs is 1. The molecule has 1 aliphatic heterocycles. The van der Waals surface area contributed by atoms with Crippen molar-refractivity contribution in [1.82, 2.24) is 20.5 Å². The van der Waals surface area contributed by atoms with Crippen LogP contribution in [0, 0.1) is 0 Å². The molecule has 1 aromatic heterocycles. The standard InChI is InChI=1S/C15H22N4/c1-19-7-6-17-13(11-19)10-16-8-12-9-18-15-5-3-2-4-14(12)15/h2-5,9,13,16-18H,6-8,10-11H2,1H3. The summed E-state index contributed by atoms with van der Waals surface area (Å²) in [5, 5.41) is 8.44. The van der Waals surface area contributed by atoms with E-state index in [1.807, 2.05) is 0 Å². The molecule has 0 amide bonds. The van der Waals surface area contributed by atoms with Gasteiger partial charge in [0.05, 0.1) is 0 Å². The van der Waals surface area contributed by atoms with Crippen molar-refractivity contribution in [1.29, 1.82) is 0 Å². The Balaban J connectivity index is 1.55. The number of piperazine rings is 1. The minimum atomic E-state index is 0.559. The lowest BCUT2D eigenvalue weighted by atomic mass is 10.1. The number of hydrogen-bond acceptors (Lipinski definition) is 3. The molecule has 2 aromatic rings. The molecule has 1 saturated heterocycles. The van der Waals surface area contributed by atoms with E-state index in [9.17, 15) is 0 Å². The van der Waals surface area contributed by atoms with E-state index in [2.05, 4.69) is 58.0 Å². The van der Waals surface area contributed by atoms with Gasteiger partial charge in [-0.3, -0.25) is 0 Å². The minimum Gasteiger partial charge on any atom is -0.361 e. The van der Waals surface area contributed by atoms with Gasteiger partial charge in [0, 0.05) is 55.9 Å². The average molecular weight is 258 g/mol. The summed E-state index contributed by atoms with van der Waals surface area (Å²) >= 11 is 0. The van der Waals surface area contributed by atoms with Gasteiger partial charge in [-0.05, 0) is 18.7 Å². The highest BCUT2D eigenvalue weighted by Crippen LogP contribution is 2.17. The zero-order chi connectivity index (χ0) is 13.1. The second-order valence-electron chi connectivity index (χ2n) is 5.40. The fourth-order valence-electron chi connectivity index (χ4n) is 2.79. The van der Waals surface area contributed by atoms with Crippen molar-refractivity contribution in [2.24, 2.45) is 0 Å². The summed E-state index contributed by atoms with van der Waals surface area (Å²) in [5.74, 6) is 0. The van der Waals surface area contributed by atoms with Gasteiger partial charge in [-0.15, -0.1) is 0 Å². The molecule has 1 fully saturated rings. The van der Waals surface area contributed by atoms with Crippen LogP contribution in [0.2, 0.25) is 0 Å². The van der Waals surface area contributed by atoms with Crippen LogP contribution in [0.4, 0.5) is 0 Å². The van der Waals surface area contributed by atoms with Crippen LogP contribution < -0.4 is 10.6 Å². The van der Waals surface area contributed by atoms with Gasteiger partial charge in [0.1, 0.15) is 0 Å². The summed E-state index contributed by atoms with van der Waals surface area (Å²) in [7, 11) is 2.19. The second kappa shape index (κ2) is 5.74. The van der Waals surface area contributed by atoms with Crippen molar-refractivity contribution < 1.29 is 0 Å². The third-order valence-corrected chi connectivity index (χ3v) is 3.84. The van der Waals surface area contributed by atoms with E-state index in [-0.39, 0.29) is 0 Å². The molecule has 19 heavy (non-hydrogen) atoms. The molecule has 1 aromatic carbocycles. The Labute approximate surface area is 114 Å². The van der Waals surface area contributed by atoms with Gasteiger partial charge in [-0.1, -0.05) is 18.2 Å². The molecule has 1 unspecified atom stereocenters. The molecule has 0 spiro atoms. The van der Waals surface area contributed by atoms with Crippen LogP contribution in [-0.4, -0.2) is 49.2 Å². The largest absolute Gasteiger partial charge is 0.361 e. The van der Waals surface area contributed by atoms with Gasteiger partial charge in [-0.25, -0.2) is 0 Å². The van der Waals surface area contributed by atoms with Gasteiger partial charge in [-0.2, -0.15) is 0 Å². The van der Waals surface area contributed by atoms with Crippen LogP contribution in [0.3, 0.4) is 0 Å². The first-order chi connectivity index (χ1) is 9.33. The molecule has 4 nitrogen and oxygen atoms in total. The maximum absolute atomic E-state index is 3.56. The van der Waals surface area contributed by atoms with Crippen molar-refractivity contribution in [3.8, 4) is 0 Å². The predicted molar refractivity (Wildman–Crippen MR) is 79.3 cm³/mol. The summed E-state index contributed by atoms with van der Waals surface area (Å²) < 4.78 is 0. The highest BCUT2D eigenvalue weighted by atomic mass is 15.2. The van der Waals surface area contributed by atoms with E-state index in [1.165, 1.54) is 16.5 Å². The number of H-pyrrole nitrogens is 1. The monoisotopic (exact) mass is 258 g/mol.